The summed E-state index contributed by atoms with van der Waals surface area (Å²) in [5.74, 6) is 0.812. The predicted molar refractivity (Wildman–Crippen MR) is 68.0 cm³/mol. The molecular formula is C12H16BrNO2. The Morgan fingerprint density at radius 3 is 2.75 bits per heavy atom. The van der Waals surface area contributed by atoms with E-state index in [1.54, 1.807) is 0 Å². The van der Waals surface area contributed by atoms with Gasteiger partial charge in [0.1, 0.15) is 5.75 Å². The fraction of sp³-hybridized carbons (Fsp3) is 0.417. The average Bonchev–Trinajstić information content (AvgIpc) is 2.30. The lowest BCUT2D eigenvalue weighted by molar-refractivity contribution is -0.122. The molecule has 1 amide bonds. The van der Waals surface area contributed by atoms with Gasteiger partial charge in [-0.1, -0.05) is 34.1 Å². The lowest BCUT2D eigenvalue weighted by atomic mass is 10.3. The van der Waals surface area contributed by atoms with Crippen LogP contribution in [0.25, 0.3) is 0 Å². The Balaban J connectivity index is 2.18. The number of carbonyl (C=O) groups excluding carboxylic acids is 1. The molecule has 0 radical (unpaired) electrons. The van der Waals surface area contributed by atoms with Gasteiger partial charge < -0.3 is 10.1 Å². The molecule has 0 heterocycles. The van der Waals surface area contributed by atoms with Crippen LogP contribution in [0.5, 0.6) is 5.75 Å². The van der Waals surface area contributed by atoms with E-state index in [-0.39, 0.29) is 11.9 Å². The van der Waals surface area contributed by atoms with Gasteiger partial charge in [0.05, 0.1) is 13.0 Å². The zero-order chi connectivity index (χ0) is 11.8. The first-order valence-corrected chi connectivity index (χ1v) is 6.37. The molecule has 3 nitrogen and oxygen atoms in total. The maximum Gasteiger partial charge on any atom is 0.223 e. The van der Waals surface area contributed by atoms with E-state index in [0.717, 1.165) is 11.1 Å². The van der Waals surface area contributed by atoms with Gasteiger partial charge in [-0.15, -0.1) is 0 Å². The van der Waals surface area contributed by atoms with Crippen molar-refractivity contribution in [3.8, 4) is 5.75 Å². The normalized spacial score (nSPS) is 11.9. The van der Waals surface area contributed by atoms with Crippen LogP contribution < -0.4 is 10.1 Å². The zero-order valence-electron chi connectivity index (χ0n) is 9.28. The van der Waals surface area contributed by atoms with Crippen LogP contribution in [-0.2, 0) is 4.79 Å². The number of para-hydroxylation sites is 1. The number of nitrogens with one attached hydrogen (secondary N) is 1. The number of ether oxygens (including phenoxy) is 1. The van der Waals surface area contributed by atoms with Gasteiger partial charge in [0.2, 0.25) is 5.91 Å². The number of hydrogen-bond acceptors (Lipinski definition) is 2. The van der Waals surface area contributed by atoms with Crippen molar-refractivity contribution in [2.75, 3.05) is 11.9 Å². The molecule has 0 spiro atoms. The molecule has 0 fully saturated rings. The Hall–Kier alpha value is -1.03. The topological polar surface area (TPSA) is 38.3 Å². The quantitative estimate of drug-likeness (QED) is 0.815. The van der Waals surface area contributed by atoms with E-state index >= 15 is 0 Å². The fourth-order valence-electron chi connectivity index (χ4n) is 1.16. The van der Waals surface area contributed by atoms with E-state index in [2.05, 4.69) is 21.2 Å². The summed E-state index contributed by atoms with van der Waals surface area (Å²) in [5, 5.41) is 3.61. The summed E-state index contributed by atoms with van der Waals surface area (Å²) in [7, 11) is 0. The van der Waals surface area contributed by atoms with Crippen molar-refractivity contribution in [3.63, 3.8) is 0 Å². The van der Waals surface area contributed by atoms with Gasteiger partial charge in [-0.3, -0.25) is 4.79 Å². The van der Waals surface area contributed by atoms with Crippen LogP contribution in [0.1, 0.15) is 13.3 Å². The molecule has 0 aliphatic rings. The third-order valence-electron chi connectivity index (χ3n) is 1.98. The lowest BCUT2D eigenvalue weighted by Crippen LogP contribution is -2.34. The summed E-state index contributed by atoms with van der Waals surface area (Å²) in [5.41, 5.74) is 0. The highest BCUT2D eigenvalue weighted by Crippen LogP contribution is 2.08. The van der Waals surface area contributed by atoms with Gasteiger partial charge in [-0.25, -0.2) is 0 Å². The standard InChI is InChI=1S/C12H16BrNO2/c1-10(9-13)14-12(15)7-8-16-11-5-3-2-4-6-11/h2-6,10H,7-9H2,1H3,(H,14,15). The maximum absolute atomic E-state index is 11.4. The minimum Gasteiger partial charge on any atom is -0.493 e. The molecule has 1 N–H and O–H groups in total. The third kappa shape index (κ3) is 5.16. The van der Waals surface area contributed by atoms with Crippen molar-refractivity contribution in [1.82, 2.24) is 5.32 Å². The molecule has 0 aliphatic heterocycles. The van der Waals surface area contributed by atoms with Crippen molar-refractivity contribution in [3.05, 3.63) is 30.3 Å². The number of amides is 1. The van der Waals surface area contributed by atoms with Crippen LogP contribution in [0.4, 0.5) is 0 Å². The Kier molecular flexibility index (Phi) is 5.93. The molecule has 1 atom stereocenters. The lowest BCUT2D eigenvalue weighted by Gasteiger charge is -2.11. The Bertz CT molecular complexity index is 316. The molecule has 0 saturated carbocycles. The molecule has 88 valence electrons. The molecule has 1 aromatic carbocycles. The first-order chi connectivity index (χ1) is 7.72. The Labute approximate surface area is 104 Å². The van der Waals surface area contributed by atoms with Crippen molar-refractivity contribution in [2.45, 2.75) is 19.4 Å². The van der Waals surface area contributed by atoms with Gasteiger partial charge in [0, 0.05) is 11.4 Å². The molecule has 0 aromatic heterocycles. The van der Waals surface area contributed by atoms with Crippen LogP contribution in [0.15, 0.2) is 30.3 Å². The van der Waals surface area contributed by atoms with E-state index in [1.807, 2.05) is 37.3 Å². The molecule has 1 unspecified atom stereocenters. The minimum atomic E-state index is 0.0166. The monoisotopic (exact) mass is 285 g/mol. The van der Waals surface area contributed by atoms with Crippen LogP contribution in [-0.4, -0.2) is 23.9 Å². The van der Waals surface area contributed by atoms with Gasteiger partial charge in [-0.05, 0) is 19.1 Å². The minimum absolute atomic E-state index is 0.0166. The van der Waals surface area contributed by atoms with E-state index in [1.165, 1.54) is 0 Å². The van der Waals surface area contributed by atoms with Crippen LogP contribution >= 0.6 is 15.9 Å². The second-order valence-electron chi connectivity index (χ2n) is 3.53. The summed E-state index contributed by atoms with van der Waals surface area (Å²) in [6, 6.07) is 9.64. The molecule has 16 heavy (non-hydrogen) atoms. The Morgan fingerprint density at radius 1 is 1.44 bits per heavy atom. The number of rotatable bonds is 6. The van der Waals surface area contributed by atoms with E-state index in [9.17, 15) is 4.79 Å². The highest BCUT2D eigenvalue weighted by molar-refractivity contribution is 9.09. The smallest absolute Gasteiger partial charge is 0.223 e. The number of carbonyl (C=O) groups is 1. The average molecular weight is 286 g/mol. The predicted octanol–water partition coefficient (Wildman–Crippen LogP) is 2.36. The highest BCUT2D eigenvalue weighted by Gasteiger charge is 2.05. The van der Waals surface area contributed by atoms with Crippen molar-refractivity contribution in [1.29, 1.82) is 0 Å². The van der Waals surface area contributed by atoms with Gasteiger partial charge >= 0.3 is 0 Å². The highest BCUT2D eigenvalue weighted by atomic mass is 79.9. The van der Waals surface area contributed by atoms with Gasteiger partial charge in [0.15, 0.2) is 0 Å². The number of hydrogen-bond donors (Lipinski definition) is 1. The van der Waals surface area contributed by atoms with Crippen molar-refractivity contribution < 1.29 is 9.53 Å². The summed E-state index contributed by atoms with van der Waals surface area (Å²) in [4.78, 5) is 11.4. The van der Waals surface area contributed by atoms with E-state index < -0.39 is 0 Å². The molecule has 0 aliphatic carbocycles. The number of alkyl halides is 1. The van der Waals surface area contributed by atoms with E-state index in [0.29, 0.717) is 13.0 Å². The molecule has 1 rings (SSSR count). The van der Waals surface area contributed by atoms with Gasteiger partial charge in [-0.2, -0.15) is 0 Å². The first-order valence-electron chi connectivity index (χ1n) is 5.25. The Morgan fingerprint density at radius 2 is 2.12 bits per heavy atom. The van der Waals surface area contributed by atoms with E-state index in [4.69, 9.17) is 4.74 Å². The number of benzene rings is 1. The van der Waals surface area contributed by atoms with Crippen molar-refractivity contribution >= 4 is 21.8 Å². The molecule has 0 saturated heterocycles. The summed E-state index contributed by atoms with van der Waals surface area (Å²) >= 11 is 3.30. The SMILES string of the molecule is CC(CBr)NC(=O)CCOc1ccccc1. The summed E-state index contributed by atoms with van der Waals surface area (Å²) in [6.45, 7) is 2.36. The largest absolute Gasteiger partial charge is 0.493 e. The molecular weight excluding hydrogens is 270 g/mol. The zero-order valence-corrected chi connectivity index (χ0v) is 10.9. The summed E-state index contributed by atoms with van der Waals surface area (Å²) in [6.07, 6.45) is 0.381. The molecule has 4 heteroatoms. The fourth-order valence-corrected chi connectivity index (χ4v) is 1.33. The van der Waals surface area contributed by atoms with Crippen LogP contribution in [0, 0.1) is 0 Å². The summed E-state index contributed by atoms with van der Waals surface area (Å²) < 4.78 is 5.42. The van der Waals surface area contributed by atoms with Crippen LogP contribution in [0.2, 0.25) is 0 Å². The second kappa shape index (κ2) is 7.28. The molecule has 0 bridgehead atoms. The van der Waals surface area contributed by atoms with Crippen molar-refractivity contribution in [2.24, 2.45) is 0 Å². The molecule has 1 aromatic rings. The van der Waals surface area contributed by atoms with Crippen LogP contribution in [0.3, 0.4) is 0 Å². The second-order valence-corrected chi connectivity index (χ2v) is 4.18. The van der Waals surface area contributed by atoms with Gasteiger partial charge in [0.25, 0.3) is 0 Å². The maximum atomic E-state index is 11.4. The number of halogens is 1. The third-order valence-corrected chi connectivity index (χ3v) is 2.95. The first kappa shape index (κ1) is 13.0.